The van der Waals surface area contributed by atoms with Crippen molar-refractivity contribution < 1.29 is 4.74 Å². The van der Waals surface area contributed by atoms with Gasteiger partial charge in [0.05, 0.1) is 16.5 Å². The lowest BCUT2D eigenvalue weighted by atomic mass is 9.66. The van der Waals surface area contributed by atoms with E-state index in [0.717, 1.165) is 28.6 Å². The molecule has 0 amide bonds. The van der Waals surface area contributed by atoms with Gasteiger partial charge in [0.15, 0.2) is 0 Å². The molecule has 0 aromatic heterocycles. The molecule has 2 spiro atoms. The molecule has 14 rings (SSSR count). The fraction of sp³-hybridized carbons (Fsp3) is 0.0333. The SMILES string of the molecule is c1ccc2c(c1)Oc1ccccc1C21c2ccccc2-c2cc(N(c3ccc4c(c3)C3(c5ccccc5Sc5ccccc53)c3ccccc3-4)c3cccc4ccccc34)ccc21. The third-order valence-electron chi connectivity index (χ3n) is 14.2. The van der Waals surface area contributed by atoms with Crippen LogP contribution in [0.25, 0.3) is 33.0 Å². The Morgan fingerprint density at radius 1 is 0.333 bits per heavy atom. The molecule has 4 aliphatic rings. The van der Waals surface area contributed by atoms with Crippen LogP contribution in [0.1, 0.15) is 44.5 Å². The molecule has 10 aromatic carbocycles. The van der Waals surface area contributed by atoms with Gasteiger partial charge < -0.3 is 9.64 Å². The first kappa shape index (κ1) is 35.1. The third-order valence-corrected chi connectivity index (χ3v) is 15.3. The van der Waals surface area contributed by atoms with Crippen LogP contribution in [-0.2, 0) is 10.8 Å². The molecule has 2 heterocycles. The van der Waals surface area contributed by atoms with Gasteiger partial charge in [0.25, 0.3) is 0 Å². The zero-order chi connectivity index (χ0) is 41.3. The molecule has 0 fully saturated rings. The van der Waals surface area contributed by atoms with Crippen molar-refractivity contribution in [3.63, 3.8) is 0 Å². The van der Waals surface area contributed by atoms with E-state index in [0.29, 0.717) is 0 Å². The molecule has 0 atom stereocenters. The summed E-state index contributed by atoms with van der Waals surface area (Å²) in [5, 5.41) is 2.41. The average Bonchev–Trinajstić information content (AvgIpc) is 3.79. The van der Waals surface area contributed by atoms with Crippen molar-refractivity contribution in [1.82, 2.24) is 0 Å². The average molecular weight is 820 g/mol. The van der Waals surface area contributed by atoms with E-state index in [2.05, 4.69) is 229 Å². The Kier molecular flexibility index (Phi) is 7.21. The summed E-state index contributed by atoms with van der Waals surface area (Å²) in [6.45, 7) is 0. The second-order valence-electron chi connectivity index (χ2n) is 17.1. The van der Waals surface area contributed by atoms with Crippen molar-refractivity contribution in [3.05, 3.63) is 269 Å². The van der Waals surface area contributed by atoms with Gasteiger partial charge in [0.1, 0.15) is 11.5 Å². The van der Waals surface area contributed by atoms with Crippen LogP contribution < -0.4 is 9.64 Å². The standard InChI is InChI=1S/C60H37NOS/c1-2-18-41-38(16-1)17-15-27-54(41)61(39-33-35-48-45(36-39)43-20-4-6-22-47(43)59(48)49-23-7-11-28-55(49)62-56-29-12-8-24-50(56)59)40-32-34-44-42-19-3-5-21-46(42)60(53(44)37-40)51-25-9-13-30-57(51)63-58-31-14-10-26-52(58)60/h1-37H. The first-order chi connectivity index (χ1) is 31.2. The van der Waals surface area contributed by atoms with E-state index >= 15 is 0 Å². The van der Waals surface area contributed by atoms with Crippen LogP contribution in [0.2, 0.25) is 0 Å². The van der Waals surface area contributed by atoms with Crippen molar-refractivity contribution in [1.29, 1.82) is 0 Å². The molecule has 0 N–H and O–H groups in total. The number of anilines is 3. The minimum absolute atomic E-state index is 0.488. The summed E-state index contributed by atoms with van der Waals surface area (Å²) < 4.78 is 6.65. The number of hydrogen-bond acceptors (Lipinski definition) is 3. The topological polar surface area (TPSA) is 12.5 Å². The van der Waals surface area contributed by atoms with Gasteiger partial charge in [-0.15, -0.1) is 0 Å². The van der Waals surface area contributed by atoms with Crippen LogP contribution in [0.4, 0.5) is 17.1 Å². The summed E-state index contributed by atoms with van der Waals surface area (Å²) in [4.78, 5) is 5.12. The summed E-state index contributed by atoms with van der Waals surface area (Å²) in [7, 11) is 0. The van der Waals surface area contributed by atoms with Gasteiger partial charge in [0, 0.05) is 37.7 Å². The molecule has 0 saturated heterocycles. The summed E-state index contributed by atoms with van der Waals surface area (Å²) in [6.07, 6.45) is 0. The summed E-state index contributed by atoms with van der Waals surface area (Å²) in [5.41, 5.74) is 17.6. The van der Waals surface area contributed by atoms with E-state index in [-0.39, 0.29) is 0 Å². The van der Waals surface area contributed by atoms with Gasteiger partial charge in [-0.05, 0) is 116 Å². The first-order valence-electron chi connectivity index (χ1n) is 21.7. The molecule has 2 aliphatic heterocycles. The maximum atomic E-state index is 6.65. The van der Waals surface area contributed by atoms with Crippen LogP contribution in [0.15, 0.2) is 234 Å². The third kappa shape index (κ3) is 4.54. The molecule has 294 valence electrons. The van der Waals surface area contributed by atoms with Crippen molar-refractivity contribution in [2.45, 2.75) is 20.6 Å². The number of ether oxygens (including phenoxy) is 1. The number of hydrogen-bond donors (Lipinski definition) is 0. The minimum atomic E-state index is -0.536. The van der Waals surface area contributed by atoms with Gasteiger partial charge in [-0.3, -0.25) is 0 Å². The number of para-hydroxylation sites is 2. The summed E-state index contributed by atoms with van der Waals surface area (Å²) in [5.74, 6) is 1.80. The number of rotatable bonds is 3. The Hall–Kier alpha value is -7.59. The Morgan fingerprint density at radius 2 is 0.810 bits per heavy atom. The zero-order valence-corrected chi connectivity index (χ0v) is 34.9. The molecule has 2 nitrogen and oxygen atoms in total. The highest BCUT2D eigenvalue weighted by atomic mass is 32.2. The number of fused-ring (bicyclic) bond motifs is 19. The minimum Gasteiger partial charge on any atom is -0.457 e. The maximum Gasteiger partial charge on any atom is 0.132 e. The van der Waals surface area contributed by atoms with Gasteiger partial charge in [-0.2, -0.15) is 0 Å². The molecule has 0 bridgehead atoms. The Labute approximate surface area is 370 Å². The molecular formula is C60H37NOS. The molecule has 0 unspecified atom stereocenters. The van der Waals surface area contributed by atoms with Crippen LogP contribution in [0.3, 0.4) is 0 Å². The van der Waals surface area contributed by atoms with Crippen molar-refractivity contribution in [2.24, 2.45) is 0 Å². The zero-order valence-electron chi connectivity index (χ0n) is 34.1. The maximum absolute atomic E-state index is 6.65. The van der Waals surface area contributed by atoms with E-state index in [1.807, 2.05) is 11.8 Å². The van der Waals surface area contributed by atoms with E-state index in [9.17, 15) is 0 Å². The highest BCUT2D eigenvalue weighted by Gasteiger charge is 2.52. The highest BCUT2D eigenvalue weighted by Crippen LogP contribution is 2.65. The normalized spacial score (nSPS) is 14.7. The summed E-state index contributed by atoms with van der Waals surface area (Å²) >= 11 is 1.89. The Bertz CT molecular complexity index is 3470. The molecule has 3 heteroatoms. The van der Waals surface area contributed by atoms with Crippen molar-refractivity contribution >= 4 is 39.6 Å². The highest BCUT2D eigenvalue weighted by molar-refractivity contribution is 7.99. The van der Waals surface area contributed by atoms with Crippen LogP contribution in [-0.4, -0.2) is 0 Å². The molecule has 0 radical (unpaired) electrons. The molecule has 2 aliphatic carbocycles. The predicted molar refractivity (Wildman–Crippen MR) is 257 cm³/mol. The van der Waals surface area contributed by atoms with Crippen molar-refractivity contribution in [3.8, 4) is 33.8 Å². The lowest BCUT2D eigenvalue weighted by Crippen LogP contribution is -2.32. The quantitative estimate of drug-likeness (QED) is 0.176. The fourth-order valence-electron chi connectivity index (χ4n) is 11.8. The van der Waals surface area contributed by atoms with E-state index in [1.165, 1.54) is 87.3 Å². The van der Waals surface area contributed by atoms with Crippen LogP contribution >= 0.6 is 11.8 Å². The molecule has 0 saturated carbocycles. The van der Waals surface area contributed by atoms with E-state index in [1.54, 1.807) is 0 Å². The largest absolute Gasteiger partial charge is 0.457 e. The molecular weight excluding hydrogens is 783 g/mol. The fourth-order valence-corrected chi connectivity index (χ4v) is 13.0. The van der Waals surface area contributed by atoms with Crippen LogP contribution in [0, 0.1) is 0 Å². The lowest BCUT2D eigenvalue weighted by molar-refractivity contribution is 0.436. The van der Waals surface area contributed by atoms with Gasteiger partial charge >= 0.3 is 0 Å². The van der Waals surface area contributed by atoms with Gasteiger partial charge in [-0.1, -0.05) is 182 Å². The second-order valence-corrected chi connectivity index (χ2v) is 18.2. The van der Waals surface area contributed by atoms with E-state index in [4.69, 9.17) is 4.74 Å². The summed E-state index contributed by atoms with van der Waals surface area (Å²) in [6, 6.07) is 83.4. The van der Waals surface area contributed by atoms with Gasteiger partial charge in [0.2, 0.25) is 0 Å². The van der Waals surface area contributed by atoms with Crippen LogP contribution in [0.5, 0.6) is 11.5 Å². The predicted octanol–water partition coefficient (Wildman–Crippen LogP) is 15.6. The Morgan fingerprint density at radius 3 is 1.51 bits per heavy atom. The second kappa shape index (κ2) is 13.0. The van der Waals surface area contributed by atoms with Gasteiger partial charge in [-0.25, -0.2) is 0 Å². The smallest absolute Gasteiger partial charge is 0.132 e. The van der Waals surface area contributed by atoms with Crippen molar-refractivity contribution in [2.75, 3.05) is 4.90 Å². The van der Waals surface area contributed by atoms with E-state index < -0.39 is 10.8 Å². The molecule has 10 aromatic rings. The number of nitrogens with zero attached hydrogens (tertiary/aromatic N) is 1. The lowest BCUT2D eigenvalue weighted by Gasteiger charge is -2.40. The number of benzene rings is 10. The Balaban J connectivity index is 1.05. The first-order valence-corrected chi connectivity index (χ1v) is 22.6. The monoisotopic (exact) mass is 819 g/mol. The molecule has 63 heavy (non-hydrogen) atoms.